The smallest absolute Gasteiger partial charge is 0.212 e. The molecule has 4 aliphatic heterocycles. The first-order valence-electron chi connectivity index (χ1n) is 15.1. The third-order valence-electron chi connectivity index (χ3n) is 9.87. The van der Waals surface area contributed by atoms with E-state index in [-0.39, 0.29) is 17.8 Å². The van der Waals surface area contributed by atoms with E-state index in [9.17, 15) is 5.11 Å². The summed E-state index contributed by atoms with van der Waals surface area (Å²) >= 11 is 0. The molecule has 2 atom stereocenters. The van der Waals surface area contributed by atoms with Crippen LogP contribution in [0.1, 0.15) is 45.5 Å². The third kappa shape index (κ3) is 4.17. The van der Waals surface area contributed by atoms with Gasteiger partial charge in [-0.1, -0.05) is 12.1 Å². The molecule has 1 N–H and O–H groups in total. The topological polar surface area (TPSA) is 63.6 Å². The summed E-state index contributed by atoms with van der Waals surface area (Å²) in [6, 6.07) is 19.0. The highest BCUT2D eigenvalue weighted by Crippen LogP contribution is 2.56. The number of rotatable bonds is 2. The molecule has 0 aliphatic carbocycles. The third-order valence-corrected chi connectivity index (χ3v) is 9.87. The monoisotopic (exact) mass is 576 g/mol. The van der Waals surface area contributed by atoms with Gasteiger partial charge >= 0.3 is 0 Å². The fourth-order valence-corrected chi connectivity index (χ4v) is 7.48. The highest BCUT2D eigenvalue weighted by molar-refractivity contribution is 5.77. The predicted octanol–water partition coefficient (Wildman–Crippen LogP) is 6.83. The Bertz CT molecular complexity index is 1780. The maximum atomic E-state index is 11.1. The zero-order valence-corrected chi connectivity index (χ0v) is 25.1. The fraction of sp³-hybridized carbons (Fsp3) is 0.333. The number of ether oxygens (including phenoxy) is 4. The summed E-state index contributed by atoms with van der Waals surface area (Å²) in [7, 11) is 7.75. The van der Waals surface area contributed by atoms with E-state index in [2.05, 4.69) is 60.3 Å². The minimum Gasteiger partial charge on any atom is -0.507 e. The van der Waals surface area contributed by atoms with Crippen LogP contribution in [0.2, 0.25) is 0 Å². The zero-order chi connectivity index (χ0) is 29.4. The number of nitrogens with zero attached hydrogens (tertiary/aromatic N) is 2. The Morgan fingerprint density at radius 3 is 2.14 bits per heavy atom. The van der Waals surface area contributed by atoms with Crippen molar-refractivity contribution in [3.8, 4) is 51.4 Å². The molecular formula is C36H36N2O5. The first-order valence-corrected chi connectivity index (χ1v) is 15.1. The Morgan fingerprint density at radius 2 is 1.35 bits per heavy atom. The lowest BCUT2D eigenvalue weighted by molar-refractivity contribution is 0.218. The Labute approximate surface area is 252 Å². The summed E-state index contributed by atoms with van der Waals surface area (Å²) < 4.78 is 25.3. The predicted molar refractivity (Wildman–Crippen MR) is 165 cm³/mol. The normalized spacial score (nSPS) is 20.3. The lowest BCUT2D eigenvalue weighted by Crippen LogP contribution is -2.34. The van der Waals surface area contributed by atoms with Crippen molar-refractivity contribution in [2.24, 2.45) is 0 Å². The van der Waals surface area contributed by atoms with E-state index in [0.29, 0.717) is 11.5 Å². The molecule has 0 saturated carbocycles. The van der Waals surface area contributed by atoms with Gasteiger partial charge in [-0.2, -0.15) is 0 Å². The van der Waals surface area contributed by atoms with Crippen LogP contribution in [0.3, 0.4) is 0 Å². The summed E-state index contributed by atoms with van der Waals surface area (Å²) in [5.41, 5.74) is 8.90. The summed E-state index contributed by atoms with van der Waals surface area (Å²) in [5.74, 6) is 4.58. The van der Waals surface area contributed by atoms with Crippen LogP contribution >= 0.6 is 0 Å². The second kappa shape index (κ2) is 9.93. The number of hydrogen-bond acceptors (Lipinski definition) is 7. The van der Waals surface area contributed by atoms with Crippen molar-refractivity contribution >= 4 is 0 Å². The Hall–Kier alpha value is -4.20. The second-order valence-electron chi connectivity index (χ2n) is 12.3. The van der Waals surface area contributed by atoms with Gasteiger partial charge in [0, 0.05) is 41.9 Å². The van der Waals surface area contributed by atoms with E-state index in [1.54, 1.807) is 14.2 Å². The Kier molecular flexibility index (Phi) is 6.10. The molecular weight excluding hydrogens is 540 g/mol. The Morgan fingerprint density at radius 1 is 0.698 bits per heavy atom. The maximum absolute atomic E-state index is 11.1. The molecule has 7 heteroatoms. The zero-order valence-electron chi connectivity index (χ0n) is 25.1. The SMILES string of the molecule is COc1ccc2cc1-c1cc(ccc1O)C[C@@H]1c3cc4c(cc3CCN1C)Oc1c(OC)cc3c(c1O4)[C@H](C2)N(C)CC3. The van der Waals surface area contributed by atoms with E-state index >= 15 is 0 Å². The number of fused-ring (bicyclic) bond motifs is 5. The highest BCUT2D eigenvalue weighted by Gasteiger charge is 2.37. The first-order chi connectivity index (χ1) is 20.9. The molecule has 7 nitrogen and oxygen atoms in total. The summed E-state index contributed by atoms with van der Waals surface area (Å²) in [6.07, 6.45) is 3.39. The van der Waals surface area contributed by atoms with Crippen LogP contribution in [-0.4, -0.2) is 56.3 Å². The molecule has 0 radical (unpaired) electrons. The maximum Gasteiger partial charge on any atom is 0.212 e. The van der Waals surface area contributed by atoms with Crippen LogP contribution in [0.15, 0.2) is 54.6 Å². The Balaban J connectivity index is 1.40. The van der Waals surface area contributed by atoms with Gasteiger partial charge in [0.05, 0.1) is 14.2 Å². The molecule has 4 aromatic carbocycles. The molecule has 4 aliphatic rings. The largest absolute Gasteiger partial charge is 0.507 e. The van der Waals surface area contributed by atoms with Crippen LogP contribution in [0.4, 0.5) is 0 Å². The van der Waals surface area contributed by atoms with Gasteiger partial charge in [-0.15, -0.1) is 0 Å². The van der Waals surface area contributed by atoms with Crippen LogP contribution in [0.25, 0.3) is 11.1 Å². The van der Waals surface area contributed by atoms with E-state index in [4.69, 9.17) is 18.9 Å². The van der Waals surface area contributed by atoms with Crippen LogP contribution in [-0.2, 0) is 25.7 Å². The second-order valence-corrected chi connectivity index (χ2v) is 12.3. The molecule has 4 heterocycles. The van der Waals surface area contributed by atoms with Crippen molar-refractivity contribution in [1.82, 2.24) is 9.80 Å². The molecule has 0 aromatic heterocycles. The molecule has 0 saturated heterocycles. The van der Waals surface area contributed by atoms with E-state index in [0.717, 1.165) is 89.6 Å². The molecule has 0 unspecified atom stereocenters. The molecule has 4 aromatic rings. The van der Waals surface area contributed by atoms with Gasteiger partial charge in [-0.25, -0.2) is 0 Å². The van der Waals surface area contributed by atoms with Gasteiger partial charge in [0.25, 0.3) is 0 Å². The number of hydrogen-bond donors (Lipinski definition) is 1. The lowest BCUT2D eigenvalue weighted by atomic mass is 9.85. The van der Waals surface area contributed by atoms with Crippen LogP contribution in [0, 0.1) is 0 Å². The summed E-state index contributed by atoms with van der Waals surface area (Å²) in [5, 5.41) is 11.1. The standard InChI is InChI=1S/C36H36N2O5/c1-37-11-9-22-17-31-32-19-24(22)27(37)15-20-5-7-29(39)25(13-20)26-14-21(6-8-30(26)40-3)16-28-34-23(10-12-38(28)2)18-33(41-4)35(42-31)36(34)43-32/h5-8,13-14,17-19,27-28,39H,9-12,15-16H2,1-4H3/t27-,28+/m1/s1. The quantitative estimate of drug-likeness (QED) is 0.247. The average molecular weight is 577 g/mol. The number of benzene rings is 4. The van der Waals surface area contributed by atoms with Crippen molar-refractivity contribution in [1.29, 1.82) is 0 Å². The van der Waals surface area contributed by atoms with Crippen molar-refractivity contribution in [2.45, 2.75) is 37.8 Å². The molecule has 7 bridgehead atoms. The van der Waals surface area contributed by atoms with Crippen molar-refractivity contribution < 1.29 is 24.1 Å². The average Bonchev–Trinajstić information content (AvgIpc) is 3.02. The van der Waals surface area contributed by atoms with Crippen molar-refractivity contribution in [3.63, 3.8) is 0 Å². The van der Waals surface area contributed by atoms with E-state index in [1.807, 2.05) is 18.2 Å². The highest BCUT2D eigenvalue weighted by atomic mass is 16.6. The summed E-state index contributed by atoms with van der Waals surface area (Å²) in [6.45, 7) is 1.87. The van der Waals surface area contributed by atoms with Gasteiger partial charge in [-0.3, -0.25) is 9.80 Å². The van der Waals surface area contributed by atoms with E-state index in [1.165, 1.54) is 16.7 Å². The van der Waals surface area contributed by atoms with Gasteiger partial charge < -0.3 is 24.1 Å². The fourth-order valence-electron chi connectivity index (χ4n) is 7.48. The minimum absolute atomic E-state index is 0.0548. The molecule has 0 amide bonds. The van der Waals surface area contributed by atoms with E-state index < -0.39 is 0 Å². The van der Waals surface area contributed by atoms with Crippen LogP contribution < -0.4 is 18.9 Å². The molecule has 8 rings (SSSR count). The van der Waals surface area contributed by atoms with Crippen molar-refractivity contribution in [3.05, 3.63) is 88.0 Å². The summed E-state index contributed by atoms with van der Waals surface area (Å²) in [4.78, 5) is 4.82. The number of likely N-dealkylation sites (N-methyl/N-ethyl adjacent to an activating group) is 2. The molecule has 43 heavy (non-hydrogen) atoms. The van der Waals surface area contributed by atoms with Gasteiger partial charge in [0.15, 0.2) is 23.0 Å². The first kappa shape index (κ1) is 26.4. The number of phenolic OH excluding ortho intramolecular Hbond substituents is 1. The lowest BCUT2D eigenvalue weighted by Gasteiger charge is -2.39. The number of aromatic hydroxyl groups is 1. The van der Waals surface area contributed by atoms with Gasteiger partial charge in [0.1, 0.15) is 11.5 Å². The minimum atomic E-state index is 0.0548. The molecule has 0 fully saturated rings. The number of methoxy groups -OCH3 is 2. The van der Waals surface area contributed by atoms with Gasteiger partial charge in [0.2, 0.25) is 5.75 Å². The molecule has 0 spiro atoms. The molecule has 220 valence electrons. The van der Waals surface area contributed by atoms with Crippen molar-refractivity contribution in [2.75, 3.05) is 41.4 Å². The van der Waals surface area contributed by atoms with Gasteiger partial charge in [-0.05, 0) is 110 Å². The van der Waals surface area contributed by atoms with Crippen LogP contribution in [0.5, 0.6) is 40.2 Å². The number of phenols is 1.